The Morgan fingerprint density at radius 2 is 1.92 bits per heavy atom. The van der Waals surface area contributed by atoms with Crippen LogP contribution in [0.25, 0.3) is 17.0 Å². The minimum Gasteiger partial charge on any atom is -0.339 e. The Morgan fingerprint density at radius 1 is 1.08 bits per heavy atom. The molecule has 0 amide bonds. The second-order valence-corrected chi connectivity index (χ2v) is 6.49. The molecule has 3 heterocycles. The summed E-state index contributed by atoms with van der Waals surface area (Å²) < 4.78 is 1.78. The van der Waals surface area contributed by atoms with Gasteiger partial charge in [0, 0.05) is 23.1 Å². The van der Waals surface area contributed by atoms with Gasteiger partial charge in [-0.25, -0.2) is 14.5 Å². The quantitative estimate of drug-likeness (QED) is 0.578. The number of fused-ring (bicyclic) bond motifs is 1. The SMILES string of the molecule is Cc1cc(C)n2nc(CSc3nc(-c4ccccc4)c[nH]3)nc2n1. The zero-order valence-corrected chi connectivity index (χ0v) is 14.2. The van der Waals surface area contributed by atoms with Gasteiger partial charge in [0.2, 0.25) is 0 Å². The van der Waals surface area contributed by atoms with E-state index in [2.05, 4.69) is 25.0 Å². The summed E-state index contributed by atoms with van der Waals surface area (Å²) in [4.78, 5) is 16.7. The fraction of sp³-hybridized carbons (Fsp3) is 0.176. The van der Waals surface area contributed by atoms with Crippen molar-refractivity contribution in [3.63, 3.8) is 0 Å². The zero-order chi connectivity index (χ0) is 16.5. The molecule has 0 atom stereocenters. The fourth-order valence-corrected chi connectivity index (χ4v) is 3.23. The van der Waals surface area contributed by atoms with E-state index in [-0.39, 0.29) is 0 Å². The van der Waals surface area contributed by atoms with Gasteiger partial charge in [-0.15, -0.1) is 5.10 Å². The number of hydrogen-bond donors (Lipinski definition) is 1. The Kier molecular flexibility index (Phi) is 3.78. The maximum Gasteiger partial charge on any atom is 0.252 e. The molecule has 0 bridgehead atoms. The van der Waals surface area contributed by atoms with Crippen molar-refractivity contribution < 1.29 is 0 Å². The lowest BCUT2D eigenvalue weighted by Crippen LogP contribution is -1.97. The Bertz CT molecular complexity index is 989. The van der Waals surface area contributed by atoms with Crippen LogP contribution in [0, 0.1) is 13.8 Å². The number of aromatic amines is 1. The first kappa shape index (κ1) is 14.9. The van der Waals surface area contributed by atoms with Gasteiger partial charge in [0.05, 0.1) is 11.4 Å². The summed E-state index contributed by atoms with van der Waals surface area (Å²) in [6.07, 6.45) is 1.92. The molecule has 120 valence electrons. The van der Waals surface area contributed by atoms with Crippen LogP contribution in [0.4, 0.5) is 0 Å². The van der Waals surface area contributed by atoms with Crippen LogP contribution in [-0.4, -0.2) is 29.5 Å². The van der Waals surface area contributed by atoms with E-state index in [1.54, 1.807) is 16.3 Å². The summed E-state index contributed by atoms with van der Waals surface area (Å²) in [5, 5.41) is 5.37. The van der Waals surface area contributed by atoms with Crippen LogP contribution in [0.1, 0.15) is 17.2 Å². The van der Waals surface area contributed by atoms with Crippen LogP contribution < -0.4 is 0 Å². The largest absolute Gasteiger partial charge is 0.339 e. The van der Waals surface area contributed by atoms with Crippen LogP contribution in [0.3, 0.4) is 0 Å². The first-order valence-electron chi connectivity index (χ1n) is 7.62. The monoisotopic (exact) mass is 336 g/mol. The fourth-order valence-electron chi connectivity index (χ4n) is 2.54. The minimum atomic E-state index is 0.642. The second-order valence-electron chi connectivity index (χ2n) is 5.52. The van der Waals surface area contributed by atoms with Crippen molar-refractivity contribution in [2.75, 3.05) is 0 Å². The van der Waals surface area contributed by atoms with Crippen molar-refractivity contribution in [2.24, 2.45) is 0 Å². The molecule has 0 radical (unpaired) electrons. The Labute approximate surface area is 143 Å². The maximum absolute atomic E-state index is 4.61. The van der Waals surface area contributed by atoms with Crippen LogP contribution in [-0.2, 0) is 5.75 Å². The molecular weight excluding hydrogens is 320 g/mol. The number of hydrogen-bond acceptors (Lipinski definition) is 5. The van der Waals surface area contributed by atoms with E-state index in [9.17, 15) is 0 Å². The number of nitrogens with zero attached hydrogens (tertiary/aromatic N) is 5. The molecule has 1 N–H and O–H groups in total. The highest BCUT2D eigenvalue weighted by atomic mass is 32.2. The van der Waals surface area contributed by atoms with Crippen molar-refractivity contribution in [3.05, 3.63) is 59.8 Å². The van der Waals surface area contributed by atoms with Gasteiger partial charge >= 0.3 is 0 Å². The van der Waals surface area contributed by atoms with Crippen molar-refractivity contribution in [1.29, 1.82) is 0 Å². The van der Waals surface area contributed by atoms with Gasteiger partial charge in [-0.05, 0) is 19.9 Å². The lowest BCUT2D eigenvalue weighted by molar-refractivity contribution is 0.866. The summed E-state index contributed by atoms with van der Waals surface area (Å²) in [7, 11) is 0. The normalized spacial score (nSPS) is 11.2. The number of H-pyrrole nitrogens is 1. The molecule has 1 aromatic carbocycles. The lowest BCUT2D eigenvalue weighted by atomic mass is 10.2. The Hall–Kier alpha value is -2.67. The third-order valence-electron chi connectivity index (χ3n) is 3.62. The van der Waals surface area contributed by atoms with E-state index < -0.39 is 0 Å². The molecule has 0 fully saturated rings. The standard InChI is InChI=1S/C17H16N6S/c1-11-8-12(2)23-16(19-11)21-15(22-23)10-24-17-18-9-14(20-17)13-6-4-3-5-7-13/h3-9H,10H2,1-2H3,(H,18,20). The van der Waals surface area contributed by atoms with Crippen molar-refractivity contribution in [1.82, 2.24) is 29.5 Å². The number of benzene rings is 1. The summed E-state index contributed by atoms with van der Waals surface area (Å²) in [6.45, 7) is 3.97. The molecule has 4 rings (SSSR count). The predicted octanol–water partition coefficient (Wildman–Crippen LogP) is 3.42. The highest BCUT2D eigenvalue weighted by Gasteiger charge is 2.10. The van der Waals surface area contributed by atoms with Gasteiger partial charge < -0.3 is 4.98 Å². The molecule has 0 spiro atoms. The molecule has 0 aliphatic heterocycles. The first-order chi connectivity index (χ1) is 11.7. The van der Waals surface area contributed by atoms with Gasteiger partial charge in [0.1, 0.15) is 0 Å². The van der Waals surface area contributed by atoms with Gasteiger partial charge in [0.15, 0.2) is 11.0 Å². The summed E-state index contributed by atoms with van der Waals surface area (Å²) in [5.41, 5.74) is 4.02. The summed E-state index contributed by atoms with van der Waals surface area (Å²) in [6, 6.07) is 12.1. The van der Waals surface area contributed by atoms with Gasteiger partial charge in [-0.3, -0.25) is 0 Å². The predicted molar refractivity (Wildman–Crippen MR) is 93.8 cm³/mol. The molecule has 0 saturated carbocycles. The molecule has 3 aromatic heterocycles. The Balaban J connectivity index is 1.51. The average molecular weight is 336 g/mol. The van der Waals surface area contributed by atoms with Gasteiger partial charge in [-0.1, -0.05) is 42.1 Å². The highest BCUT2D eigenvalue weighted by molar-refractivity contribution is 7.98. The van der Waals surface area contributed by atoms with Crippen LogP contribution in [0.2, 0.25) is 0 Å². The molecule has 6 nitrogen and oxygen atoms in total. The number of thioether (sulfide) groups is 1. The Morgan fingerprint density at radius 3 is 2.75 bits per heavy atom. The van der Waals surface area contributed by atoms with Crippen LogP contribution in [0.5, 0.6) is 0 Å². The maximum atomic E-state index is 4.61. The molecule has 0 aliphatic carbocycles. The van der Waals surface area contributed by atoms with Crippen molar-refractivity contribution in [2.45, 2.75) is 24.8 Å². The molecule has 4 aromatic rings. The van der Waals surface area contributed by atoms with Crippen molar-refractivity contribution >= 4 is 17.5 Å². The van der Waals surface area contributed by atoms with Gasteiger partial charge in [0.25, 0.3) is 5.78 Å². The second kappa shape index (κ2) is 6.09. The van der Waals surface area contributed by atoms with E-state index in [0.717, 1.165) is 33.6 Å². The third-order valence-corrected chi connectivity index (χ3v) is 4.51. The molecular formula is C17H16N6S. The smallest absolute Gasteiger partial charge is 0.252 e. The molecule has 7 heteroatoms. The molecule has 0 saturated heterocycles. The van der Waals surface area contributed by atoms with E-state index in [4.69, 9.17) is 0 Å². The topological polar surface area (TPSA) is 71.8 Å². The summed E-state index contributed by atoms with van der Waals surface area (Å²) >= 11 is 1.58. The number of nitrogens with one attached hydrogen (secondary N) is 1. The minimum absolute atomic E-state index is 0.642. The lowest BCUT2D eigenvalue weighted by Gasteiger charge is -1.97. The highest BCUT2D eigenvalue weighted by Crippen LogP contribution is 2.23. The molecule has 24 heavy (non-hydrogen) atoms. The number of aryl methyl sites for hydroxylation is 2. The average Bonchev–Trinajstić information content (AvgIpc) is 3.20. The van der Waals surface area contributed by atoms with E-state index in [0.29, 0.717) is 11.5 Å². The summed E-state index contributed by atoms with van der Waals surface area (Å²) in [5.74, 6) is 2.04. The third kappa shape index (κ3) is 2.90. The van der Waals surface area contributed by atoms with Crippen molar-refractivity contribution in [3.8, 4) is 11.3 Å². The van der Waals surface area contributed by atoms with Gasteiger partial charge in [-0.2, -0.15) is 4.98 Å². The van der Waals surface area contributed by atoms with Crippen LogP contribution >= 0.6 is 11.8 Å². The van der Waals surface area contributed by atoms with E-state index >= 15 is 0 Å². The zero-order valence-electron chi connectivity index (χ0n) is 13.4. The van der Waals surface area contributed by atoms with E-state index in [1.807, 2.05) is 56.4 Å². The number of aromatic nitrogens is 6. The first-order valence-corrected chi connectivity index (χ1v) is 8.61. The number of rotatable bonds is 4. The van der Waals surface area contributed by atoms with E-state index in [1.165, 1.54) is 0 Å². The number of imidazole rings is 1. The molecule has 0 aliphatic rings. The van der Waals surface area contributed by atoms with Crippen LogP contribution in [0.15, 0.2) is 47.8 Å². The molecule has 0 unspecified atom stereocenters.